The lowest BCUT2D eigenvalue weighted by Gasteiger charge is -2.14. The van der Waals surface area contributed by atoms with E-state index in [2.05, 4.69) is 25.6 Å². The summed E-state index contributed by atoms with van der Waals surface area (Å²) in [5.41, 5.74) is 2.16. The van der Waals surface area contributed by atoms with Crippen LogP contribution in [0.15, 0.2) is 64.1 Å². The summed E-state index contributed by atoms with van der Waals surface area (Å²) in [4.78, 5) is 3.48. The highest BCUT2D eigenvalue weighted by molar-refractivity contribution is 9.10. The summed E-state index contributed by atoms with van der Waals surface area (Å²) >= 11 is 3.31. The summed E-state index contributed by atoms with van der Waals surface area (Å²) in [6.07, 6.45) is 2.56. The summed E-state index contributed by atoms with van der Waals surface area (Å²) in [6, 6.07) is 14.4. The molecule has 2 N–H and O–H groups in total. The van der Waals surface area contributed by atoms with Crippen molar-refractivity contribution in [1.82, 2.24) is 9.71 Å². The molecule has 0 bridgehead atoms. The Balaban J connectivity index is 1.76. The zero-order chi connectivity index (χ0) is 16.4. The Hall–Kier alpha value is -1.63. The first kappa shape index (κ1) is 16.2. The van der Waals surface area contributed by atoms with Gasteiger partial charge in [0.05, 0.1) is 4.90 Å². The number of hydrogen-bond acceptors (Lipinski definition) is 2. The van der Waals surface area contributed by atoms with Crippen molar-refractivity contribution in [3.05, 3.63) is 64.8 Å². The van der Waals surface area contributed by atoms with Crippen LogP contribution in [0.25, 0.3) is 10.9 Å². The van der Waals surface area contributed by atoms with E-state index in [0.29, 0.717) is 6.42 Å². The van der Waals surface area contributed by atoms with E-state index in [1.807, 2.05) is 37.4 Å². The van der Waals surface area contributed by atoms with E-state index in [-0.39, 0.29) is 10.9 Å². The van der Waals surface area contributed by atoms with Gasteiger partial charge in [-0.1, -0.05) is 34.1 Å². The molecule has 3 aromatic rings. The van der Waals surface area contributed by atoms with Gasteiger partial charge >= 0.3 is 0 Å². The molecule has 0 saturated heterocycles. The number of halogens is 1. The van der Waals surface area contributed by atoms with Gasteiger partial charge in [0.25, 0.3) is 0 Å². The molecule has 0 saturated carbocycles. The van der Waals surface area contributed by atoms with Gasteiger partial charge in [0.2, 0.25) is 10.0 Å². The summed E-state index contributed by atoms with van der Waals surface area (Å²) < 4.78 is 28.4. The van der Waals surface area contributed by atoms with E-state index >= 15 is 0 Å². The van der Waals surface area contributed by atoms with Crippen LogP contribution in [0.2, 0.25) is 0 Å². The highest BCUT2D eigenvalue weighted by Crippen LogP contribution is 2.20. The van der Waals surface area contributed by atoms with Crippen molar-refractivity contribution >= 4 is 36.9 Å². The van der Waals surface area contributed by atoms with Crippen molar-refractivity contribution in [3.8, 4) is 0 Å². The Morgan fingerprint density at radius 3 is 2.57 bits per heavy atom. The largest absolute Gasteiger partial charge is 0.361 e. The van der Waals surface area contributed by atoms with Gasteiger partial charge in [-0.3, -0.25) is 0 Å². The number of sulfonamides is 1. The van der Waals surface area contributed by atoms with Gasteiger partial charge < -0.3 is 4.98 Å². The monoisotopic (exact) mass is 392 g/mol. The van der Waals surface area contributed by atoms with E-state index < -0.39 is 10.0 Å². The Morgan fingerprint density at radius 2 is 1.83 bits per heavy atom. The summed E-state index contributed by atoms with van der Waals surface area (Å²) in [5.74, 6) is 0. The van der Waals surface area contributed by atoms with Crippen LogP contribution in [0.1, 0.15) is 12.5 Å². The second kappa shape index (κ2) is 6.47. The van der Waals surface area contributed by atoms with Gasteiger partial charge in [-0.05, 0) is 49.2 Å². The van der Waals surface area contributed by atoms with Crippen LogP contribution in [0.3, 0.4) is 0 Å². The Bertz CT molecular complexity index is 917. The third kappa shape index (κ3) is 3.65. The smallest absolute Gasteiger partial charge is 0.240 e. The van der Waals surface area contributed by atoms with Gasteiger partial charge in [0.15, 0.2) is 0 Å². The lowest BCUT2D eigenvalue weighted by Crippen LogP contribution is -2.34. The first-order valence-electron chi connectivity index (χ1n) is 7.28. The van der Waals surface area contributed by atoms with Crippen LogP contribution in [-0.2, 0) is 16.4 Å². The van der Waals surface area contributed by atoms with E-state index in [4.69, 9.17) is 0 Å². The number of nitrogens with one attached hydrogen (secondary N) is 2. The predicted octanol–water partition coefficient (Wildman–Crippen LogP) is 3.84. The third-order valence-corrected chi connectivity index (χ3v) is 5.82. The standard InChI is InChI=1S/C17H17BrN2O2S/c1-12(10-13-11-19-17-5-3-2-4-16(13)17)20-23(21,22)15-8-6-14(18)7-9-15/h2-9,11-12,19-20H,10H2,1H3. The quantitative estimate of drug-likeness (QED) is 0.692. The fourth-order valence-electron chi connectivity index (χ4n) is 2.62. The number of benzene rings is 2. The molecule has 2 aromatic carbocycles. The first-order valence-corrected chi connectivity index (χ1v) is 9.56. The number of rotatable bonds is 5. The molecule has 0 radical (unpaired) electrons. The molecule has 0 aliphatic carbocycles. The van der Waals surface area contributed by atoms with Crippen molar-refractivity contribution in [3.63, 3.8) is 0 Å². The highest BCUT2D eigenvalue weighted by Gasteiger charge is 2.18. The molecular formula is C17H17BrN2O2S. The molecule has 0 amide bonds. The van der Waals surface area contributed by atoms with Crippen LogP contribution in [-0.4, -0.2) is 19.4 Å². The second-order valence-corrected chi connectivity index (χ2v) is 8.17. The Labute approximate surface area is 144 Å². The van der Waals surface area contributed by atoms with Crippen LogP contribution >= 0.6 is 15.9 Å². The topological polar surface area (TPSA) is 62.0 Å². The van der Waals surface area contributed by atoms with Crippen LogP contribution in [0.4, 0.5) is 0 Å². The van der Waals surface area contributed by atoms with Gasteiger partial charge in [-0.2, -0.15) is 0 Å². The van der Waals surface area contributed by atoms with Crippen molar-refractivity contribution in [2.24, 2.45) is 0 Å². The van der Waals surface area contributed by atoms with Gasteiger partial charge in [0.1, 0.15) is 0 Å². The fourth-order valence-corrected chi connectivity index (χ4v) is 4.13. The molecule has 0 fully saturated rings. The molecule has 120 valence electrons. The zero-order valence-electron chi connectivity index (χ0n) is 12.6. The van der Waals surface area contributed by atoms with Gasteiger partial charge in [-0.15, -0.1) is 0 Å². The summed E-state index contributed by atoms with van der Waals surface area (Å²) in [5, 5.41) is 1.13. The predicted molar refractivity (Wildman–Crippen MR) is 95.9 cm³/mol. The molecule has 0 aliphatic heterocycles. The zero-order valence-corrected chi connectivity index (χ0v) is 15.0. The molecule has 23 heavy (non-hydrogen) atoms. The van der Waals surface area contributed by atoms with E-state index in [1.54, 1.807) is 24.3 Å². The summed E-state index contributed by atoms with van der Waals surface area (Å²) in [7, 11) is -3.51. The minimum Gasteiger partial charge on any atom is -0.361 e. The van der Waals surface area contributed by atoms with Crippen molar-refractivity contribution in [2.45, 2.75) is 24.3 Å². The lowest BCUT2D eigenvalue weighted by atomic mass is 10.1. The fraction of sp³-hybridized carbons (Fsp3) is 0.176. The number of hydrogen-bond donors (Lipinski definition) is 2. The van der Waals surface area contributed by atoms with Gasteiger partial charge in [0, 0.05) is 27.6 Å². The van der Waals surface area contributed by atoms with E-state index in [0.717, 1.165) is 20.9 Å². The average molecular weight is 393 g/mol. The Kier molecular flexibility index (Phi) is 4.57. The maximum Gasteiger partial charge on any atom is 0.240 e. The van der Waals surface area contributed by atoms with Gasteiger partial charge in [-0.25, -0.2) is 13.1 Å². The van der Waals surface area contributed by atoms with Crippen LogP contribution in [0.5, 0.6) is 0 Å². The maximum atomic E-state index is 12.4. The van der Waals surface area contributed by atoms with Crippen molar-refractivity contribution in [2.75, 3.05) is 0 Å². The Morgan fingerprint density at radius 1 is 1.13 bits per heavy atom. The van der Waals surface area contributed by atoms with E-state index in [1.165, 1.54) is 0 Å². The number of H-pyrrole nitrogens is 1. The molecule has 6 heteroatoms. The van der Waals surface area contributed by atoms with E-state index in [9.17, 15) is 8.42 Å². The second-order valence-electron chi connectivity index (χ2n) is 5.54. The molecule has 1 heterocycles. The number of aromatic amines is 1. The van der Waals surface area contributed by atoms with Crippen molar-refractivity contribution < 1.29 is 8.42 Å². The van der Waals surface area contributed by atoms with Crippen LogP contribution in [0, 0.1) is 0 Å². The first-order chi connectivity index (χ1) is 11.0. The minimum absolute atomic E-state index is 0.206. The molecule has 1 aromatic heterocycles. The highest BCUT2D eigenvalue weighted by atomic mass is 79.9. The number of para-hydroxylation sites is 1. The number of aromatic nitrogens is 1. The van der Waals surface area contributed by atoms with Crippen LogP contribution < -0.4 is 4.72 Å². The molecule has 0 spiro atoms. The molecule has 3 rings (SSSR count). The molecule has 0 aliphatic rings. The number of fused-ring (bicyclic) bond motifs is 1. The average Bonchev–Trinajstić information content (AvgIpc) is 2.90. The third-order valence-electron chi connectivity index (χ3n) is 3.68. The normalized spacial score (nSPS) is 13.3. The summed E-state index contributed by atoms with van der Waals surface area (Å²) in [6.45, 7) is 1.87. The lowest BCUT2D eigenvalue weighted by molar-refractivity contribution is 0.560. The molecule has 1 unspecified atom stereocenters. The SMILES string of the molecule is CC(Cc1c[nH]c2ccccc12)NS(=O)(=O)c1ccc(Br)cc1. The minimum atomic E-state index is -3.51. The molecule has 4 nitrogen and oxygen atoms in total. The molecular weight excluding hydrogens is 376 g/mol. The maximum absolute atomic E-state index is 12.4. The van der Waals surface area contributed by atoms with Crippen molar-refractivity contribution in [1.29, 1.82) is 0 Å². The molecule has 1 atom stereocenters.